The molecule has 1 heterocycles. The highest BCUT2D eigenvalue weighted by atomic mass is 16.1. The zero-order chi connectivity index (χ0) is 10.7. The van der Waals surface area contributed by atoms with E-state index in [9.17, 15) is 4.79 Å². The van der Waals surface area contributed by atoms with Crippen LogP contribution in [0.3, 0.4) is 0 Å². The Hall–Kier alpha value is -1.15. The third-order valence-electron chi connectivity index (χ3n) is 3.04. The third kappa shape index (κ3) is 2.10. The van der Waals surface area contributed by atoms with E-state index in [1.807, 2.05) is 24.3 Å². The van der Waals surface area contributed by atoms with Crippen molar-refractivity contribution in [2.24, 2.45) is 0 Å². The monoisotopic (exact) mass is 203 g/mol. The highest BCUT2D eigenvalue weighted by Gasteiger charge is 2.24. The van der Waals surface area contributed by atoms with Crippen molar-refractivity contribution in [1.82, 2.24) is 5.32 Å². The third-order valence-corrected chi connectivity index (χ3v) is 3.04. The smallest absolute Gasteiger partial charge is 0.180 e. The van der Waals surface area contributed by atoms with Crippen LogP contribution < -0.4 is 5.32 Å². The average Bonchev–Trinajstić information content (AvgIpc) is 2.81. The molecule has 0 radical (unpaired) electrons. The number of benzene rings is 1. The van der Waals surface area contributed by atoms with Gasteiger partial charge in [-0.3, -0.25) is 4.79 Å². The molecule has 0 aliphatic carbocycles. The van der Waals surface area contributed by atoms with Crippen molar-refractivity contribution in [3.05, 3.63) is 35.4 Å². The van der Waals surface area contributed by atoms with E-state index < -0.39 is 0 Å². The first-order chi connectivity index (χ1) is 7.33. The normalized spacial score (nSPS) is 20.5. The van der Waals surface area contributed by atoms with E-state index in [-0.39, 0.29) is 11.8 Å². The summed E-state index contributed by atoms with van der Waals surface area (Å²) in [6.07, 6.45) is 3.02. The van der Waals surface area contributed by atoms with Crippen LogP contribution in [0.15, 0.2) is 24.3 Å². The second kappa shape index (κ2) is 4.58. The van der Waals surface area contributed by atoms with Crippen molar-refractivity contribution in [2.45, 2.75) is 32.2 Å². The Bertz CT molecular complexity index is 353. The molecule has 1 atom stereocenters. The zero-order valence-electron chi connectivity index (χ0n) is 9.12. The molecule has 1 aromatic carbocycles. The number of hydrogen-bond acceptors (Lipinski definition) is 2. The number of aryl methyl sites for hydroxylation is 1. The van der Waals surface area contributed by atoms with Gasteiger partial charge in [0.05, 0.1) is 6.04 Å². The molecule has 1 fully saturated rings. The topological polar surface area (TPSA) is 29.1 Å². The molecule has 1 unspecified atom stereocenters. The molecule has 2 heteroatoms. The van der Waals surface area contributed by atoms with Gasteiger partial charge < -0.3 is 5.32 Å². The Morgan fingerprint density at radius 2 is 2.27 bits per heavy atom. The summed E-state index contributed by atoms with van der Waals surface area (Å²) in [4.78, 5) is 12.2. The molecule has 1 aromatic rings. The maximum absolute atomic E-state index is 12.2. The second-order valence-corrected chi connectivity index (χ2v) is 4.02. The van der Waals surface area contributed by atoms with Crippen LogP contribution in [0.5, 0.6) is 0 Å². The van der Waals surface area contributed by atoms with Gasteiger partial charge in [-0.2, -0.15) is 0 Å². The van der Waals surface area contributed by atoms with E-state index in [2.05, 4.69) is 12.2 Å². The molecule has 80 valence electrons. The fourth-order valence-electron chi connectivity index (χ4n) is 2.17. The molecule has 2 rings (SSSR count). The SMILES string of the molecule is CCc1ccccc1C(=O)C1CCCN1. The fourth-order valence-corrected chi connectivity index (χ4v) is 2.17. The highest BCUT2D eigenvalue weighted by molar-refractivity contribution is 6.01. The lowest BCUT2D eigenvalue weighted by atomic mass is 9.97. The van der Waals surface area contributed by atoms with Crippen LogP contribution in [0.4, 0.5) is 0 Å². The van der Waals surface area contributed by atoms with Crippen LogP contribution >= 0.6 is 0 Å². The summed E-state index contributed by atoms with van der Waals surface area (Å²) in [5.41, 5.74) is 2.07. The molecule has 1 N–H and O–H groups in total. The summed E-state index contributed by atoms with van der Waals surface area (Å²) in [6.45, 7) is 3.07. The molecule has 2 nitrogen and oxygen atoms in total. The van der Waals surface area contributed by atoms with E-state index in [1.165, 1.54) is 0 Å². The summed E-state index contributed by atoms with van der Waals surface area (Å²) < 4.78 is 0. The molecule has 1 aliphatic rings. The van der Waals surface area contributed by atoms with Gasteiger partial charge in [0.2, 0.25) is 0 Å². The van der Waals surface area contributed by atoms with Gasteiger partial charge in [0, 0.05) is 5.56 Å². The van der Waals surface area contributed by atoms with Gasteiger partial charge in [-0.1, -0.05) is 31.2 Å². The summed E-state index contributed by atoms with van der Waals surface area (Å²) in [6, 6.07) is 7.99. The summed E-state index contributed by atoms with van der Waals surface area (Å²) in [7, 11) is 0. The zero-order valence-corrected chi connectivity index (χ0v) is 9.12. The molecule has 0 aromatic heterocycles. The molecule has 15 heavy (non-hydrogen) atoms. The average molecular weight is 203 g/mol. The maximum Gasteiger partial charge on any atom is 0.180 e. The molecular formula is C13H17NO. The Morgan fingerprint density at radius 1 is 1.47 bits per heavy atom. The lowest BCUT2D eigenvalue weighted by Gasteiger charge is -2.11. The number of Topliss-reactive ketones (excluding diaryl/α,β-unsaturated/α-hetero) is 1. The van der Waals surface area contributed by atoms with Crippen molar-refractivity contribution in [2.75, 3.05) is 6.54 Å². The Morgan fingerprint density at radius 3 is 2.93 bits per heavy atom. The Labute approximate surface area is 90.7 Å². The van der Waals surface area contributed by atoms with E-state index >= 15 is 0 Å². The summed E-state index contributed by atoms with van der Waals surface area (Å²) >= 11 is 0. The predicted octanol–water partition coefficient (Wildman–Crippen LogP) is 2.18. The van der Waals surface area contributed by atoms with Crippen molar-refractivity contribution < 1.29 is 4.79 Å². The summed E-state index contributed by atoms with van der Waals surface area (Å²) in [5.74, 6) is 0.268. The molecule has 0 saturated carbocycles. The largest absolute Gasteiger partial charge is 0.307 e. The standard InChI is InChI=1S/C13H17NO/c1-2-10-6-3-4-7-11(10)13(15)12-8-5-9-14-12/h3-4,6-7,12,14H,2,5,8-9H2,1H3. The predicted molar refractivity (Wildman–Crippen MR) is 61.2 cm³/mol. The van der Waals surface area contributed by atoms with Gasteiger partial charge in [-0.25, -0.2) is 0 Å². The van der Waals surface area contributed by atoms with Gasteiger partial charge in [0.1, 0.15) is 0 Å². The van der Waals surface area contributed by atoms with Crippen molar-refractivity contribution in [3.63, 3.8) is 0 Å². The molecular weight excluding hydrogens is 186 g/mol. The minimum atomic E-state index is 0.0534. The number of nitrogens with one attached hydrogen (secondary N) is 1. The Kier molecular flexibility index (Phi) is 3.17. The highest BCUT2D eigenvalue weighted by Crippen LogP contribution is 2.16. The maximum atomic E-state index is 12.2. The van der Waals surface area contributed by atoms with Gasteiger partial charge >= 0.3 is 0 Å². The van der Waals surface area contributed by atoms with Crippen LogP contribution in [0.1, 0.15) is 35.7 Å². The first-order valence-electron chi connectivity index (χ1n) is 5.68. The fraction of sp³-hybridized carbons (Fsp3) is 0.462. The first-order valence-corrected chi connectivity index (χ1v) is 5.68. The van der Waals surface area contributed by atoms with Gasteiger partial charge in [0.15, 0.2) is 5.78 Å². The quantitative estimate of drug-likeness (QED) is 0.763. The van der Waals surface area contributed by atoms with Gasteiger partial charge in [-0.15, -0.1) is 0 Å². The second-order valence-electron chi connectivity index (χ2n) is 4.02. The van der Waals surface area contributed by atoms with Crippen LogP contribution in [-0.2, 0) is 6.42 Å². The molecule has 0 bridgehead atoms. The molecule has 1 aliphatic heterocycles. The van der Waals surface area contributed by atoms with E-state index in [0.29, 0.717) is 0 Å². The minimum Gasteiger partial charge on any atom is -0.307 e. The Balaban J connectivity index is 2.24. The number of ketones is 1. The van der Waals surface area contributed by atoms with E-state index in [4.69, 9.17) is 0 Å². The summed E-state index contributed by atoms with van der Waals surface area (Å²) in [5, 5.41) is 3.26. The number of carbonyl (C=O) groups excluding carboxylic acids is 1. The van der Waals surface area contributed by atoms with Crippen LogP contribution in [0, 0.1) is 0 Å². The van der Waals surface area contributed by atoms with Crippen LogP contribution in [0.25, 0.3) is 0 Å². The van der Waals surface area contributed by atoms with Gasteiger partial charge in [-0.05, 0) is 31.4 Å². The number of carbonyl (C=O) groups is 1. The van der Waals surface area contributed by atoms with Crippen molar-refractivity contribution in [3.8, 4) is 0 Å². The molecule has 0 amide bonds. The lowest BCUT2D eigenvalue weighted by molar-refractivity contribution is 0.0951. The van der Waals surface area contributed by atoms with Crippen LogP contribution in [0.2, 0.25) is 0 Å². The molecule has 0 spiro atoms. The van der Waals surface area contributed by atoms with Crippen LogP contribution in [-0.4, -0.2) is 18.4 Å². The number of hydrogen-bond donors (Lipinski definition) is 1. The van der Waals surface area contributed by atoms with E-state index in [1.54, 1.807) is 0 Å². The van der Waals surface area contributed by atoms with E-state index in [0.717, 1.165) is 36.9 Å². The van der Waals surface area contributed by atoms with Gasteiger partial charge in [0.25, 0.3) is 0 Å². The van der Waals surface area contributed by atoms with Crippen molar-refractivity contribution >= 4 is 5.78 Å². The van der Waals surface area contributed by atoms with Crippen molar-refractivity contribution in [1.29, 1.82) is 0 Å². The first kappa shape index (κ1) is 10.4. The lowest BCUT2D eigenvalue weighted by Crippen LogP contribution is -2.31. The molecule has 1 saturated heterocycles. The minimum absolute atomic E-state index is 0.0534. The number of rotatable bonds is 3.